The molecule has 1 fully saturated rings. The van der Waals surface area contributed by atoms with Crippen molar-refractivity contribution in [3.8, 4) is 0 Å². The number of furan rings is 1. The minimum absolute atomic E-state index is 0.159. The Bertz CT molecular complexity index is 1280. The molecule has 0 radical (unpaired) electrons. The van der Waals surface area contributed by atoms with E-state index in [0.717, 1.165) is 19.3 Å². The lowest BCUT2D eigenvalue weighted by Crippen LogP contribution is -2.36. The number of amides is 3. The summed E-state index contributed by atoms with van der Waals surface area (Å²) in [6.45, 7) is 2.99. The third kappa shape index (κ3) is 6.09. The second-order valence-electron chi connectivity index (χ2n) is 8.36. The van der Waals surface area contributed by atoms with Crippen LogP contribution >= 0.6 is 0 Å². The first-order chi connectivity index (χ1) is 16.8. The third-order valence-electron chi connectivity index (χ3n) is 5.79. The standard InChI is InChI=1S/C25H28N4O5S/c1-18-7-8-19(16-23(18)35(32,33)29-13-3-2-4-14-29)24(30)27-20-9-11-21(12-10-20)28-25(31)26-17-22-6-5-15-34-22/h5-12,15-16H,2-4,13-14,17H2,1H3,(H,27,30)(H2,26,28,31). The molecule has 1 aliphatic heterocycles. The number of nitrogens with one attached hydrogen (secondary N) is 3. The summed E-state index contributed by atoms with van der Waals surface area (Å²) in [5.41, 5.74) is 1.92. The minimum Gasteiger partial charge on any atom is -0.467 e. The molecule has 4 rings (SSSR count). The molecular formula is C25H28N4O5S. The van der Waals surface area contributed by atoms with Crippen molar-refractivity contribution in [1.29, 1.82) is 0 Å². The van der Waals surface area contributed by atoms with Crippen molar-refractivity contribution in [2.24, 2.45) is 0 Å². The smallest absolute Gasteiger partial charge is 0.319 e. The second kappa shape index (κ2) is 10.7. The molecule has 0 spiro atoms. The largest absolute Gasteiger partial charge is 0.467 e. The first kappa shape index (κ1) is 24.5. The van der Waals surface area contributed by atoms with Crippen LogP contribution in [-0.4, -0.2) is 37.8 Å². The molecule has 0 aliphatic carbocycles. The van der Waals surface area contributed by atoms with Gasteiger partial charge in [0, 0.05) is 30.0 Å². The molecule has 10 heteroatoms. The number of sulfonamides is 1. The summed E-state index contributed by atoms with van der Waals surface area (Å²) in [6.07, 6.45) is 4.24. The van der Waals surface area contributed by atoms with Gasteiger partial charge in [-0.2, -0.15) is 4.31 Å². The van der Waals surface area contributed by atoms with E-state index < -0.39 is 15.9 Å². The predicted octanol–water partition coefficient (Wildman–Crippen LogP) is 4.34. The molecule has 9 nitrogen and oxygen atoms in total. The van der Waals surface area contributed by atoms with Crippen LogP contribution < -0.4 is 16.0 Å². The van der Waals surface area contributed by atoms with E-state index in [4.69, 9.17) is 4.42 Å². The molecule has 3 amide bonds. The lowest BCUT2D eigenvalue weighted by Gasteiger charge is -2.26. The number of carbonyl (C=O) groups is 2. The number of benzene rings is 2. The third-order valence-corrected chi connectivity index (χ3v) is 7.83. The number of aryl methyl sites for hydroxylation is 1. The van der Waals surface area contributed by atoms with E-state index in [0.29, 0.717) is 35.8 Å². The van der Waals surface area contributed by atoms with Crippen LogP contribution in [0.25, 0.3) is 0 Å². The van der Waals surface area contributed by atoms with Gasteiger partial charge in [-0.3, -0.25) is 4.79 Å². The fourth-order valence-corrected chi connectivity index (χ4v) is 5.63. The molecule has 3 aromatic rings. The van der Waals surface area contributed by atoms with Gasteiger partial charge >= 0.3 is 6.03 Å². The molecule has 184 valence electrons. The quantitative estimate of drug-likeness (QED) is 0.449. The Labute approximate surface area is 204 Å². The molecule has 1 saturated heterocycles. The van der Waals surface area contributed by atoms with Crippen LogP contribution in [0.3, 0.4) is 0 Å². The van der Waals surface area contributed by atoms with E-state index in [1.165, 1.54) is 16.6 Å². The van der Waals surface area contributed by atoms with Gasteiger partial charge < -0.3 is 20.4 Å². The number of hydrogen-bond acceptors (Lipinski definition) is 5. The van der Waals surface area contributed by atoms with Crippen molar-refractivity contribution in [3.05, 3.63) is 77.7 Å². The van der Waals surface area contributed by atoms with Crippen LogP contribution in [0.2, 0.25) is 0 Å². The molecule has 3 N–H and O–H groups in total. The highest BCUT2D eigenvalue weighted by atomic mass is 32.2. The Hall–Kier alpha value is -3.63. The Kier molecular flexibility index (Phi) is 7.52. The van der Waals surface area contributed by atoms with E-state index in [2.05, 4.69) is 16.0 Å². The summed E-state index contributed by atoms with van der Waals surface area (Å²) >= 11 is 0. The molecule has 2 heterocycles. The average molecular weight is 497 g/mol. The summed E-state index contributed by atoms with van der Waals surface area (Å²) in [7, 11) is -3.66. The van der Waals surface area contributed by atoms with E-state index >= 15 is 0 Å². The zero-order valence-electron chi connectivity index (χ0n) is 19.4. The number of piperidine rings is 1. The Morgan fingerprint density at radius 2 is 1.63 bits per heavy atom. The Morgan fingerprint density at radius 3 is 2.29 bits per heavy atom. The van der Waals surface area contributed by atoms with Gasteiger partial charge in [0.05, 0.1) is 17.7 Å². The number of rotatable bonds is 7. The van der Waals surface area contributed by atoms with Crippen molar-refractivity contribution in [2.45, 2.75) is 37.6 Å². The number of nitrogens with zero attached hydrogens (tertiary/aromatic N) is 1. The molecule has 0 bridgehead atoms. The highest BCUT2D eigenvalue weighted by Gasteiger charge is 2.28. The molecule has 0 atom stereocenters. The molecule has 1 aliphatic rings. The van der Waals surface area contributed by atoms with Gasteiger partial charge in [0.25, 0.3) is 5.91 Å². The van der Waals surface area contributed by atoms with Crippen LogP contribution in [0, 0.1) is 6.92 Å². The maximum absolute atomic E-state index is 13.1. The maximum atomic E-state index is 13.1. The molecule has 0 saturated carbocycles. The van der Waals surface area contributed by atoms with Gasteiger partial charge in [-0.15, -0.1) is 0 Å². The molecule has 1 aromatic heterocycles. The fourth-order valence-electron chi connectivity index (χ4n) is 3.86. The number of hydrogen-bond donors (Lipinski definition) is 3. The normalized spacial score (nSPS) is 14.3. The topological polar surface area (TPSA) is 121 Å². The van der Waals surface area contributed by atoms with Gasteiger partial charge in [-0.05, 0) is 73.9 Å². The highest BCUT2D eigenvalue weighted by molar-refractivity contribution is 7.89. The first-order valence-corrected chi connectivity index (χ1v) is 12.9. The summed E-state index contributed by atoms with van der Waals surface area (Å²) in [5.74, 6) is 0.221. The first-order valence-electron chi connectivity index (χ1n) is 11.4. The number of anilines is 2. The minimum atomic E-state index is -3.66. The zero-order valence-corrected chi connectivity index (χ0v) is 20.2. The van der Waals surface area contributed by atoms with Crippen LogP contribution in [-0.2, 0) is 16.6 Å². The van der Waals surface area contributed by atoms with Crippen molar-refractivity contribution in [3.63, 3.8) is 0 Å². The van der Waals surface area contributed by atoms with Gasteiger partial charge in [0.15, 0.2) is 0 Å². The zero-order chi connectivity index (χ0) is 24.8. The molecule has 35 heavy (non-hydrogen) atoms. The lowest BCUT2D eigenvalue weighted by atomic mass is 10.1. The van der Waals surface area contributed by atoms with E-state index in [1.54, 1.807) is 55.5 Å². The monoisotopic (exact) mass is 496 g/mol. The summed E-state index contributed by atoms with van der Waals surface area (Å²) in [6, 6.07) is 14.4. The Balaban J connectivity index is 1.38. The van der Waals surface area contributed by atoms with Crippen molar-refractivity contribution in [1.82, 2.24) is 9.62 Å². The molecule has 2 aromatic carbocycles. The Morgan fingerprint density at radius 1 is 0.943 bits per heavy atom. The SMILES string of the molecule is Cc1ccc(C(=O)Nc2ccc(NC(=O)NCc3ccco3)cc2)cc1S(=O)(=O)N1CCCCC1. The summed E-state index contributed by atoms with van der Waals surface area (Å²) in [4.78, 5) is 25.0. The average Bonchev–Trinajstić information content (AvgIpc) is 3.38. The van der Waals surface area contributed by atoms with Crippen LogP contribution in [0.5, 0.6) is 0 Å². The number of urea groups is 1. The highest BCUT2D eigenvalue weighted by Crippen LogP contribution is 2.25. The molecule has 0 unspecified atom stereocenters. The fraction of sp³-hybridized carbons (Fsp3) is 0.280. The summed E-state index contributed by atoms with van der Waals surface area (Å²) < 4.78 is 32.9. The number of carbonyl (C=O) groups excluding carboxylic acids is 2. The van der Waals surface area contributed by atoms with Gasteiger partial charge in [-0.1, -0.05) is 12.5 Å². The maximum Gasteiger partial charge on any atom is 0.319 e. The van der Waals surface area contributed by atoms with Crippen molar-refractivity contribution < 1.29 is 22.4 Å². The summed E-state index contributed by atoms with van der Waals surface area (Å²) in [5, 5.41) is 8.16. The van der Waals surface area contributed by atoms with Crippen LogP contribution in [0.1, 0.15) is 40.9 Å². The lowest BCUT2D eigenvalue weighted by molar-refractivity contribution is 0.102. The predicted molar refractivity (Wildman–Crippen MR) is 133 cm³/mol. The van der Waals surface area contributed by atoms with Crippen LogP contribution in [0.15, 0.2) is 70.2 Å². The van der Waals surface area contributed by atoms with Crippen LogP contribution in [0.4, 0.5) is 16.2 Å². The van der Waals surface area contributed by atoms with Gasteiger partial charge in [-0.25, -0.2) is 13.2 Å². The molecular weight excluding hydrogens is 468 g/mol. The second-order valence-corrected chi connectivity index (χ2v) is 10.3. The van der Waals surface area contributed by atoms with E-state index in [1.807, 2.05) is 0 Å². The van der Waals surface area contributed by atoms with Crippen molar-refractivity contribution in [2.75, 3.05) is 23.7 Å². The van der Waals surface area contributed by atoms with Crippen molar-refractivity contribution >= 4 is 33.3 Å². The van der Waals surface area contributed by atoms with E-state index in [9.17, 15) is 18.0 Å². The van der Waals surface area contributed by atoms with Gasteiger partial charge in [0.2, 0.25) is 10.0 Å². The van der Waals surface area contributed by atoms with E-state index in [-0.39, 0.29) is 23.0 Å². The van der Waals surface area contributed by atoms with Gasteiger partial charge in [0.1, 0.15) is 5.76 Å².